The molecule has 0 radical (unpaired) electrons. The van der Waals surface area contributed by atoms with E-state index in [1.165, 1.54) is 66.1 Å². The smallest absolute Gasteiger partial charge is 0.0486 e. The lowest BCUT2D eigenvalue weighted by Crippen LogP contribution is -2.40. The summed E-state index contributed by atoms with van der Waals surface area (Å²) in [6, 6.07) is 19.8. The molecule has 6 rings (SSSR count). The van der Waals surface area contributed by atoms with Crippen LogP contribution in [0, 0.1) is 18.8 Å². The highest BCUT2D eigenvalue weighted by Crippen LogP contribution is 2.52. The number of halogens is 2. The topological polar surface area (TPSA) is 29.0 Å². The summed E-state index contributed by atoms with van der Waals surface area (Å²) in [5.41, 5.74) is 5.82. The number of hydrogen-bond donors (Lipinski definition) is 2. The van der Waals surface area contributed by atoms with Gasteiger partial charge < -0.3 is 15.2 Å². The van der Waals surface area contributed by atoms with E-state index in [9.17, 15) is 0 Å². The Morgan fingerprint density at radius 1 is 0.971 bits per heavy atom. The Kier molecular flexibility index (Phi) is 8.86. The quantitative estimate of drug-likeness (QED) is 0.355. The minimum absolute atomic E-state index is 0. The van der Waals surface area contributed by atoms with E-state index in [0.29, 0.717) is 18.0 Å². The van der Waals surface area contributed by atoms with E-state index < -0.39 is 0 Å². The van der Waals surface area contributed by atoms with Crippen LogP contribution in [0.15, 0.2) is 54.7 Å². The molecule has 190 valence electrons. The van der Waals surface area contributed by atoms with Crippen molar-refractivity contribution in [3.05, 3.63) is 71.4 Å². The molecule has 1 aliphatic heterocycles. The summed E-state index contributed by atoms with van der Waals surface area (Å²) in [5.74, 6) is 2.29. The van der Waals surface area contributed by atoms with Crippen molar-refractivity contribution in [3.8, 4) is 0 Å². The number of para-hydroxylation sites is 1. The van der Waals surface area contributed by atoms with Gasteiger partial charge in [0.25, 0.3) is 0 Å². The van der Waals surface area contributed by atoms with Crippen molar-refractivity contribution in [1.82, 2.24) is 15.2 Å². The molecule has 2 N–H and O–H groups in total. The van der Waals surface area contributed by atoms with Crippen LogP contribution >= 0.6 is 24.8 Å². The fourth-order valence-electron chi connectivity index (χ4n) is 7.18. The maximum atomic E-state index is 3.89. The standard InChI is InChI=1S/C30H39N3.2ClH/c1-21-5-4-6-23(17-21)26(13-16-32-25-11-14-31-15-12-25)28-20-33(29-8-3-2-7-27(28)29)30-19-22-9-10-24(30)18-22;;/h2-8,17,20,22,24-26,30-32H,9-16,18-19H2,1H3;2*1H. The fourth-order valence-corrected chi connectivity index (χ4v) is 7.18. The lowest BCUT2D eigenvalue weighted by molar-refractivity contribution is 0.336. The molecule has 3 nitrogen and oxygen atoms in total. The lowest BCUT2D eigenvalue weighted by atomic mass is 9.87. The van der Waals surface area contributed by atoms with Gasteiger partial charge in [-0.1, -0.05) is 54.4 Å². The highest BCUT2D eigenvalue weighted by molar-refractivity contribution is 5.86. The van der Waals surface area contributed by atoms with Gasteiger partial charge in [0.15, 0.2) is 0 Å². The summed E-state index contributed by atoms with van der Waals surface area (Å²) in [6.45, 7) is 5.61. The largest absolute Gasteiger partial charge is 0.344 e. The van der Waals surface area contributed by atoms with E-state index in [4.69, 9.17) is 0 Å². The summed E-state index contributed by atoms with van der Waals surface area (Å²) in [4.78, 5) is 0. The maximum absolute atomic E-state index is 3.89. The van der Waals surface area contributed by atoms with Crippen molar-refractivity contribution in [3.63, 3.8) is 0 Å². The Bertz CT molecular complexity index is 1100. The third kappa shape index (κ3) is 5.44. The fraction of sp³-hybridized carbons (Fsp3) is 0.533. The minimum atomic E-state index is 0. The van der Waals surface area contributed by atoms with Gasteiger partial charge in [0.2, 0.25) is 0 Å². The molecule has 3 aliphatic rings. The Hall–Kier alpha value is -1.52. The number of nitrogens with one attached hydrogen (secondary N) is 2. The molecule has 2 aromatic carbocycles. The third-order valence-electron chi connectivity index (χ3n) is 8.85. The molecule has 2 bridgehead atoms. The molecule has 5 heteroatoms. The zero-order valence-corrected chi connectivity index (χ0v) is 22.6. The van der Waals surface area contributed by atoms with Crippen LogP contribution in [0.5, 0.6) is 0 Å². The molecule has 1 saturated heterocycles. The second-order valence-corrected chi connectivity index (χ2v) is 11.0. The Morgan fingerprint density at radius 3 is 2.54 bits per heavy atom. The number of aryl methyl sites for hydroxylation is 1. The van der Waals surface area contributed by atoms with E-state index in [1.54, 1.807) is 0 Å². The number of benzene rings is 2. The molecular weight excluding hydrogens is 473 g/mol. The van der Waals surface area contributed by atoms with Gasteiger partial charge in [0.1, 0.15) is 0 Å². The van der Waals surface area contributed by atoms with Crippen LogP contribution in [-0.4, -0.2) is 30.2 Å². The number of aromatic nitrogens is 1. The van der Waals surface area contributed by atoms with Gasteiger partial charge in [-0.05, 0) is 94.1 Å². The second kappa shape index (κ2) is 11.7. The van der Waals surface area contributed by atoms with Crippen molar-refractivity contribution in [1.29, 1.82) is 0 Å². The Labute approximate surface area is 223 Å². The number of hydrogen-bond acceptors (Lipinski definition) is 2. The molecular formula is C30H41Cl2N3. The van der Waals surface area contributed by atoms with E-state index >= 15 is 0 Å². The molecule has 35 heavy (non-hydrogen) atoms. The van der Waals surface area contributed by atoms with E-state index in [-0.39, 0.29) is 24.8 Å². The average molecular weight is 515 g/mol. The van der Waals surface area contributed by atoms with Crippen molar-refractivity contribution >= 4 is 35.7 Å². The normalized spacial score (nSPS) is 24.8. The zero-order valence-electron chi connectivity index (χ0n) is 20.9. The maximum Gasteiger partial charge on any atom is 0.0486 e. The summed E-state index contributed by atoms with van der Waals surface area (Å²) >= 11 is 0. The lowest BCUT2D eigenvalue weighted by Gasteiger charge is -2.26. The average Bonchev–Trinajstić information content (AvgIpc) is 3.57. The molecule has 0 amide bonds. The van der Waals surface area contributed by atoms with Crippen LogP contribution in [0.2, 0.25) is 0 Å². The molecule has 4 atom stereocenters. The highest BCUT2D eigenvalue weighted by Gasteiger charge is 2.41. The first kappa shape index (κ1) is 26.5. The first-order valence-corrected chi connectivity index (χ1v) is 13.4. The van der Waals surface area contributed by atoms with Gasteiger partial charge in [-0.2, -0.15) is 0 Å². The molecule has 4 unspecified atom stereocenters. The van der Waals surface area contributed by atoms with Crippen molar-refractivity contribution in [2.75, 3.05) is 19.6 Å². The van der Waals surface area contributed by atoms with Crippen molar-refractivity contribution in [2.45, 2.75) is 69.9 Å². The second-order valence-electron chi connectivity index (χ2n) is 11.0. The van der Waals surface area contributed by atoms with Crippen LogP contribution < -0.4 is 10.6 Å². The number of piperidine rings is 1. The van der Waals surface area contributed by atoms with Crippen LogP contribution in [0.3, 0.4) is 0 Å². The molecule has 1 aromatic heterocycles. The number of nitrogens with zero attached hydrogens (tertiary/aromatic N) is 1. The first-order chi connectivity index (χ1) is 16.3. The molecule has 2 aliphatic carbocycles. The summed E-state index contributed by atoms with van der Waals surface area (Å²) < 4.78 is 2.69. The summed E-state index contributed by atoms with van der Waals surface area (Å²) in [5, 5.41) is 8.85. The van der Waals surface area contributed by atoms with Gasteiger partial charge in [-0.3, -0.25) is 0 Å². The van der Waals surface area contributed by atoms with Gasteiger partial charge in [-0.15, -0.1) is 24.8 Å². The van der Waals surface area contributed by atoms with E-state index in [1.807, 2.05) is 0 Å². The van der Waals surface area contributed by atoms with Crippen molar-refractivity contribution < 1.29 is 0 Å². The van der Waals surface area contributed by atoms with Gasteiger partial charge >= 0.3 is 0 Å². The molecule has 2 heterocycles. The highest BCUT2D eigenvalue weighted by atomic mass is 35.5. The third-order valence-corrected chi connectivity index (χ3v) is 8.85. The van der Waals surface area contributed by atoms with Crippen LogP contribution in [0.4, 0.5) is 0 Å². The predicted molar refractivity (Wildman–Crippen MR) is 152 cm³/mol. The van der Waals surface area contributed by atoms with Gasteiger partial charge in [0.05, 0.1) is 0 Å². The van der Waals surface area contributed by atoms with Crippen LogP contribution in [0.1, 0.15) is 73.6 Å². The predicted octanol–water partition coefficient (Wildman–Crippen LogP) is 7.02. The van der Waals surface area contributed by atoms with E-state index in [0.717, 1.165) is 37.9 Å². The summed E-state index contributed by atoms with van der Waals surface area (Å²) in [6.07, 6.45) is 11.9. The first-order valence-electron chi connectivity index (χ1n) is 13.4. The van der Waals surface area contributed by atoms with Crippen LogP contribution in [0.25, 0.3) is 10.9 Å². The Morgan fingerprint density at radius 2 is 1.80 bits per heavy atom. The van der Waals surface area contributed by atoms with E-state index in [2.05, 4.69) is 76.9 Å². The van der Waals surface area contributed by atoms with Gasteiger partial charge in [0, 0.05) is 35.1 Å². The van der Waals surface area contributed by atoms with Gasteiger partial charge in [-0.25, -0.2) is 0 Å². The zero-order chi connectivity index (χ0) is 22.2. The molecule has 2 saturated carbocycles. The molecule has 3 aromatic rings. The number of rotatable bonds is 7. The monoisotopic (exact) mass is 513 g/mol. The molecule has 3 fully saturated rings. The SMILES string of the molecule is Cc1cccc(C(CCNC2CCNCC2)c2cn(C3CC4CCC3C4)c3ccccc23)c1.Cl.Cl. The molecule has 0 spiro atoms. The summed E-state index contributed by atoms with van der Waals surface area (Å²) in [7, 11) is 0. The van der Waals surface area contributed by atoms with Crippen LogP contribution in [-0.2, 0) is 0 Å². The number of fused-ring (bicyclic) bond motifs is 3. The Balaban J connectivity index is 0.00000144. The van der Waals surface area contributed by atoms with Crippen molar-refractivity contribution in [2.24, 2.45) is 11.8 Å². The minimum Gasteiger partial charge on any atom is -0.344 e.